The smallest absolute Gasteiger partial charge is 0.306 e. The highest BCUT2D eigenvalue weighted by atomic mass is 19.2. The molecule has 230 valence electrons. The molecule has 0 radical (unpaired) electrons. The Morgan fingerprint density at radius 1 is 0.927 bits per heavy atom. The number of rotatable bonds is 19. The number of carbonyl (C=O) groups excluding carboxylic acids is 1. The van der Waals surface area contributed by atoms with Crippen LogP contribution >= 0.6 is 0 Å². The summed E-state index contributed by atoms with van der Waals surface area (Å²) in [6.45, 7) is 2.82. The van der Waals surface area contributed by atoms with Crippen LogP contribution in [0, 0.1) is 40.9 Å². The van der Waals surface area contributed by atoms with E-state index in [0.717, 1.165) is 19.3 Å². The van der Waals surface area contributed by atoms with Crippen LogP contribution in [-0.2, 0) is 25.8 Å². The molecule has 0 spiro atoms. The van der Waals surface area contributed by atoms with Crippen molar-refractivity contribution >= 4 is 17.9 Å². The fraction of sp³-hybridized carbons (Fsp3) is 0.552. The second-order valence-electron chi connectivity index (χ2n) is 9.29. The van der Waals surface area contributed by atoms with Gasteiger partial charge in [-0.05, 0) is 32.6 Å². The van der Waals surface area contributed by atoms with E-state index in [-0.39, 0.29) is 18.3 Å². The Balaban J connectivity index is 2.73. The van der Waals surface area contributed by atoms with Gasteiger partial charge in [0.25, 0.3) is 0 Å². The molecule has 3 unspecified atom stereocenters. The second-order valence-corrected chi connectivity index (χ2v) is 9.29. The van der Waals surface area contributed by atoms with Crippen molar-refractivity contribution in [3.63, 3.8) is 0 Å². The van der Waals surface area contributed by atoms with Gasteiger partial charge in [0.1, 0.15) is 20.8 Å². The van der Waals surface area contributed by atoms with Gasteiger partial charge < -0.3 is 19.5 Å². The first-order valence-electron chi connectivity index (χ1n) is 13.4. The maximum atomic E-state index is 13.7. The zero-order valence-electron chi connectivity index (χ0n) is 23.8. The maximum absolute atomic E-state index is 13.7. The van der Waals surface area contributed by atoms with Crippen LogP contribution in [0.3, 0.4) is 0 Å². The number of aliphatic hydroxyl groups is 1. The van der Waals surface area contributed by atoms with Crippen LogP contribution in [-0.4, -0.2) is 43.3 Å². The molecule has 1 aromatic carbocycles. The van der Waals surface area contributed by atoms with Crippen molar-refractivity contribution in [2.24, 2.45) is 22.1 Å². The quantitative estimate of drug-likeness (QED) is 0.0276. The summed E-state index contributed by atoms with van der Waals surface area (Å²) < 4.78 is 71.9. The third-order valence-corrected chi connectivity index (χ3v) is 6.22. The van der Waals surface area contributed by atoms with Crippen molar-refractivity contribution < 1.29 is 46.3 Å². The number of halogens is 5. The molecule has 0 aliphatic carbocycles. The van der Waals surface area contributed by atoms with Crippen molar-refractivity contribution in [3.05, 3.63) is 59.0 Å². The number of carbonyl (C=O) groups is 1. The Kier molecular flexibility index (Phi) is 17.2. The minimum atomic E-state index is -2.28. The standard InChI is InChI=1S/C29H39F5N2O5/c1-5-6-9-12-21(37)16-15-20(17-35-39-3)22(19(2)36-40-4)13-10-7-8-11-14-24(38)41-18-23-25(30)27(32)29(34)28(33)26(23)31/h7,10,15-17,20-22,37H,5-6,8-9,11-14,18H2,1-4H3/b10-7-,16-15+,35-17+,36-19+. The van der Waals surface area contributed by atoms with Crippen LogP contribution in [0.5, 0.6) is 0 Å². The van der Waals surface area contributed by atoms with Gasteiger partial charge in [-0.15, -0.1) is 0 Å². The molecule has 0 aromatic heterocycles. The van der Waals surface area contributed by atoms with Gasteiger partial charge in [0.05, 0.1) is 23.6 Å². The van der Waals surface area contributed by atoms with E-state index in [2.05, 4.69) is 17.2 Å². The predicted octanol–water partition coefficient (Wildman–Crippen LogP) is 6.93. The van der Waals surface area contributed by atoms with Crippen molar-refractivity contribution in [1.29, 1.82) is 0 Å². The van der Waals surface area contributed by atoms with E-state index in [1.165, 1.54) is 14.2 Å². The highest BCUT2D eigenvalue weighted by Gasteiger charge is 2.26. The van der Waals surface area contributed by atoms with E-state index in [1.54, 1.807) is 12.3 Å². The number of esters is 1. The Morgan fingerprint density at radius 3 is 2.20 bits per heavy atom. The van der Waals surface area contributed by atoms with Crippen LogP contribution in [0.25, 0.3) is 0 Å². The van der Waals surface area contributed by atoms with Gasteiger partial charge in [-0.25, -0.2) is 22.0 Å². The SMILES string of the molecule is CCCCCC(O)/C=C/C(/C=N/OC)C(C/C=C\CCCC(=O)OCc1c(F)c(F)c(F)c(F)c1F)/C(C)=N/OC. The molecule has 0 saturated heterocycles. The van der Waals surface area contributed by atoms with Crippen LogP contribution in [0.15, 0.2) is 34.6 Å². The highest BCUT2D eigenvalue weighted by molar-refractivity contribution is 5.87. The molecule has 7 nitrogen and oxygen atoms in total. The van der Waals surface area contributed by atoms with Crippen molar-refractivity contribution in [2.45, 2.75) is 77.9 Å². The third-order valence-electron chi connectivity index (χ3n) is 6.22. The molecular formula is C29H39F5N2O5. The van der Waals surface area contributed by atoms with Gasteiger partial charge in [0.15, 0.2) is 23.3 Å². The lowest BCUT2D eigenvalue weighted by atomic mass is 9.85. The van der Waals surface area contributed by atoms with Gasteiger partial charge in [-0.1, -0.05) is 60.8 Å². The average Bonchev–Trinajstić information content (AvgIpc) is 2.95. The Bertz CT molecular complexity index is 1050. The van der Waals surface area contributed by atoms with Gasteiger partial charge in [0, 0.05) is 18.3 Å². The van der Waals surface area contributed by atoms with E-state index in [9.17, 15) is 31.9 Å². The minimum absolute atomic E-state index is 0.130. The zero-order chi connectivity index (χ0) is 30.8. The third kappa shape index (κ3) is 12.4. The molecule has 0 amide bonds. The number of nitrogens with zero attached hydrogens (tertiary/aromatic N) is 2. The molecule has 1 rings (SSSR count). The fourth-order valence-electron chi connectivity index (χ4n) is 3.92. The van der Waals surface area contributed by atoms with Gasteiger partial charge in [-0.3, -0.25) is 4.79 Å². The first-order valence-corrected chi connectivity index (χ1v) is 13.4. The van der Waals surface area contributed by atoms with Crippen LogP contribution < -0.4 is 0 Å². The molecule has 0 bridgehead atoms. The topological polar surface area (TPSA) is 89.7 Å². The molecule has 0 aliphatic rings. The van der Waals surface area contributed by atoms with Gasteiger partial charge >= 0.3 is 5.97 Å². The molecular weight excluding hydrogens is 551 g/mol. The molecule has 0 heterocycles. The van der Waals surface area contributed by atoms with Crippen molar-refractivity contribution in [3.8, 4) is 0 Å². The second kappa shape index (κ2) is 19.7. The number of oxime groups is 2. The normalized spacial score (nSPS) is 14.6. The lowest BCUT2D eigenvalue weighted by molar-refractivity contribution is -0.145. The predicted molar refractivity (Wildman–Crippen MR) is 146 cm³/mol. The van der Waals surface area contributed by atoms with E-state index >= 15 is 0 Å². The van der Waals surface area contributed by atoms with Crippen molar-refractivity contribution in [1.82, 2.24) is 0 Å². The summed E-state index contributed by atoms with van der Waals surface area (Å²) in [5.74, 6) is -11.8. The van der Waals surface area contributed by atoms with Gasteiger partial charge in [-0.2, -0.15) is 0 Å². The summed E-state index contributed by atoms with van der Waals surface area (Å²) >= 11 is 0. The lowest BCUT2D eigenvalue weighted by Gasteiger charge is -2.20. The lowest BCUT2D eigenvalue weighted by Crippen LogP contribution is -2.22. The molecule has 1 aromatic rings. The number of ether oxygens (including phenoxy) is 1. The molecule has 0 aliphatic heterocycles. The van der Waals surface area contributed by atoms with E-state index in [4.69, 9.17) is 14.4 Å². The number of hydrogen-bond donors (Lipinski definition) is 1. The largest absolute Gasteiger partial charge is 0.461 e. The van der Waals surface area contributed by atoms with E-state index in [0.29, 0.717) is 31.4 Å². The Hall–Kier alpha value is -3.28. The van der Waals surface area contributed by atoms with E-state index in [1.807, 2.05) is 25.2 Å². The molecule has 0 fully saturated rings. The Morgan fingerprint density at radius 2 is 1.59 bits per heavy atom. The minimum Gasteiger partial charge on any atom is -0.461 e. The highest BCUT2D eigenvalue weighted by Crippen LogP contribution is 2.24. The number of allylic oxidation sites excluding steroid dienone is 3. The van der Waals surface area contributed by atoms with Crippen molar-refractivity contribution in [2.75, 3.05) is 14.2 Å². The fourth-order valence-corrected chi connectivity index (χ4v) is 3.92. The van der Waals surface area contributed by atoms with Gasteiger partial charge in [0.2, 0.25) is 5.82 Å². The summed E-state index contributed by atoms with van der Waals surface area (Å²) in [5.41, 5.74) is -0.519. The summed E-state index contributed by atoms with van der Waals surface area (Å²) in [5, 5.41) is 18.3. The number of aliphatic hydroxyl groups excluding tert-OH is 1. The summed E-state index contributed by atoms with van der Waals surface area (Å²) in [7, 11) is 2.86. The van der Waals surface area contributed by atoms with Crippen LogP contribution in [0.2, 0.25) is 0 Å². The zero-order valence-corrected chi connectivity index (χ0v) is 23.8. The first kappa shape index (κ1) is 35.7. The monoisotopic (exact) mass is 590 g/mol. The number of unbranched alkanes of at least 4 members (excludes halogenated alkanes) is 3. The maximum Gasteiger partial charge on any atom is 0.306 e. The summed E-state index contributed by atoms with van der Waals surface area (Å²) in [6, 6.07) is 0. The number of benzene rings is 1. The van der Waals surface area contributed by atoms with Crippen LogP contribution in [0.1, 0.15) is 70.8 Å². The first-order chi connectivity index (χ1) is 19.6. The number of hydrogen-bond acceptors (Lipinski definition) is 7. The summed E-state index contributed by atoms with van der Waals surface area (Å²) in [4.78, 5) is 21.7. The summed E-state index contributed by atoms with van der Waals surface area (Å²) in [6.07, 6.45) is 13.1. The molecule has 41 heavy (non-hydrogen) atoms. The van der Waals surface area contributed by atoms with Crippen LogP contribution in [0.4, 0.5) is 22.0 Å². The molecule has 12 heteroatoms. The Labute approximate surface area is 237 Å². The molecule has 0 saturated carbocycles. The molecule has 3 atom stereocenters. The van der Waals surface area contributed by atoms with E-state index < -0.39 is 53.3 Å². The molecule has 1 N–H and O–H groups in total. The average molecular weight is 591 g/mol.